The van der Waals surface area contributed by atoms with Crippen molar-refractivity contribution in [3.05, 3.63) is 28.0 Å². The van der Waals surface area contributed by atoms with Gasteiger partial charge in [0.2, 0.25) is 0 Å². The number of amides is 1. The highest BCUT2D eigenvalue weighted by molar-refractivity contribution is 7.18. The number of carbonyl (C=O) groups excluding carboxylic acids is 3. The molecule has 3 heterocycles. The van der Waals surface area contributed by atoms with Crippen LogP contribution in [0.1, 0.15) is 45.4 Å². The lowest BCUT2D eigenvalue weighted by molar-refractivity contribution is -0.186. The van der Waals surface area contributed by atoms with Gasteiger partial charge in [0.05, 0.1) is 29.2 Å². The Balaban J connectivity index is 2.11. The second-order valence-corrected chi connectivity index (χ2v) is 9.88. The van der Waals surface area contributed by atoms with E-state index < -0.39 is 41.1 Å². The predicted molar refractivity (Wildman–Crippen MR) is 116 cm³/mol. The zero-order valence-corrected chi connectivity index (χ0v) is 19.9. The Kier molecular flexibility index (Phi) is 6.67. The number of methoxy groups -OCH3 is 1. The van der Waals surface area contributed by atoms with Crippen molar-refractivity contribution in [2.45, 2.75) is 57.8 Å². The van der Waals surface area contributed by atoms with Gasteiger partial charge in [-0.3, -0.25) is 0 Å². The molecule has 1 fully saturated rings. The molecule has 0 aromatic carbocycles. The summed E-state index contributed by atoms with van der Waals surface area (Å²) >= 11 is 7.26. The van der Waals surface area contributed by atoms with Gasteiger partial charge in [-0.15, -0.1) is 11.3 Å². The minimum Gasteiger partial charge on any atom is -0.461 e. The van der Waals surface area contributed by atoms with Crippen molar-refractivity contribution in [3.63, 3.8) is 0 Å². The molecule has 2 unspecified atom stereocenters. The topological polar surface area (TPSA) is 95.0 Å². The van der Waals surface area contributed by atoms with E-state index >= 15 is 0 Å². The number of nitrogens with zero attached hydrogens (tertiary/aromatic N) is 2. The van der Waals surface area contributed by atoms with Crippen molar-refractivity contribution in [1.82, 2.24) is 9.88 Å². The molecule has 1 aliphatic rings. The summed E-state index contributed by atoms with van der Waals surface area (Å²) in [6.45, 7) is 7.31. The molecule has 0 saturated carbocycles. The monoisotopic (exact) mass is 486 g/mol. The minimum absolute atomic E-state index is 0.112. The Morgan fingerprint density at radius 1 is 1.31 bits per heavy atom. The molecule has 1 aliphatic heterocycles. The second kappa shape index (κ2) is 8.82. The van der Waals surface area contributed by atoms with Gasteiger partial charge in [-0.2, -0.15) is 0 Å². The van der Waals surface area contributed by atoms with E-state index in [1.165, 1.54) is 4.90 Å². The van der Waals surface area contributed by atoms with Gasteiger partial charge < -0.3 is 19.1 Å². The molecule has 2 aromatic rings. The van der Waals surface area contributed by atoms with Gasteiger partial charge in [-0.1, -0.05) is 11.6 Å². The smallest absolute Gasteiger partial charge is 0.418 e. The molecule has 174 valence electrons. The van der Waals surface area contributed by atoms with Crippen molar-refractivity contribution < 1.29 is 33.0 Å². The third kappa shape index (κ3) is 4.52. The number of fused-ring (bicyclic) bond motifs is 1. The van der Waals surface area contributed by atoms with Crippen LogP contribution in [-0.2, 0) is 29.4 Å². The van der Waals surface area contributed by atoms with E-state index in [2.05, 4.69) is 9.72 Å². The van der Waals surface area contributed by atoms with Crippen molar-refractivity contribution in [1.29, 1.82) is 0 Å². The largest absolute Gasteiger partial charge is 0.461 e. The molecule has 3 rings (SSSR count). The van der Waals surface area contributed by atoms with E-state index in [0.29, 0.717) is 34.5 Å². The number of pyridine rings is 1. The molecule has 0 spiro atoms. The molecule has 1 saturated heterocycles. The van der Waals surface area contributed by atoms with Crippen LogP contribution in [0.4, 0.5) is 9.18 Å². The molecule has 0 aliphatic carbocycles. The van der Waals surface area contributed by atoms with Crippen LogP contribution in [0, 0.1) is 5.82 Å². The van der Waals surface area contributed by atoms with Gasteiger partial charge in [0.25, 0.3) is 0 Å². The standard InChI is InChI=1S/C21H24ClFN2O6S/c1-11-21(30-18(27)17(26)29-5,7-6-8-25(11)19(28)31-20(2,3)4)14-9-12-15(22)13(23)10-24-16(12)32-14/h9-11H,6-8H2,1-5H3. The van der Waals surface area contributed by atoms with E-state index in [9.17, 15) is 18.8 Å². The second-order valence-electron chi connectivity index (χ2n) is 8.47. The maximum Gasteiger partial charge on any atom is 0.418 e. The zero-order chi connectivity index (χ0) is 23.8. The van der Waals surface area contributed by atoms with E-state index in [1.54, 1.807) is 33.8 Å². The fourth-order valence-electron chi connectivity index (χ4n) is 3.69. The molecule has 2 aromatic heterocycles. The Labute approximate surface area is 193 Å². The van der Waals surface area contributed by atoms with Gasteiger partial charge >= 0.3 is 18.0 Å². The maximum absolute atomic E-state index is 14.0. The number of aromatic nitrogens is 1. The summed E-state index contributed by atoms with van der Waals surface area (Å²) in [5, 5.41) is 0.237. The minimum atomic E-state index is -1.41. The van der Waals surface area contributed by atoms with Crippen LogP contribution in [0.5, 0.6) is 0 Å². The SMILES string of the molecule is COC(=O)C(=O)OC1(c2cc3c(Cl)c(F)cnc3s2)CCCN(C(=O)OC(C)(C)C)C1C. The number of rotatable bonds is 2. The molecular weight excluding hydrogens is 463 g/mol. The van der Waals surface area contributed by atoms with Crippen molar-refractivity contribution in [2.24, 2.45) is 0 Å². The fraction of sp³-hybridized carbons (Fsp3) is 0.524. The molecular formula is C21H24ClFN2O6S. The molecule has 2 atom stereocenters. The summed E-state index contributed by atoms with van der Waals surface area (Å²) in [5.41, 5.74) is -2.14. The van der Waals surface area contributed by atoms with Crippen LogP contribution in [0.15, 0.2) is 12.3 Å². The predicted octanol–water partition coefficient (Wildman–Crippen LogP) is 4.42. The van der Waals surface area contributed by atoms with Crippen molar-refractivity contribution in [2.75, 3.05) is 13.7 Å². The normalized spacial score (nSPS) is 21.3. The summed E-state index contributed by atoms with van der Waals surface area (Å²) in [6, 6.07) is 0.870. The van der Waals surface area contributed by atoms with Crippen LogP contribution in [0.25, 0.3) is 10.2 Å². The Morgan fingerprint density at radius 2 is 2.00 bits per heavy atom. The number of likely N-dealkylation sites (tertiary alicyclic amines) is 1. The molecule has 1 amide bonds. The first-order valence-electron chi connectivity index (χ1n) is 9.94. The zero-order valence-electron chi connectivity index (χ0n) is 18.4. The Bertz CT molecular complexity index is 1070. The maximum atomic E-state index is 14.0. The summed E-state index contributed by atoms with van der Waals surface area (Å²) in [4.78, 5) is 43.7. The lowest BCUT2D eigenvalue weighted by Gasteiger charge is -2.46. The highest BCUT2D eigenvalue weighted by atomic mass is 35.5. The van der Waals surface area contributed by atoms with Crippen LogP contribution >= 0.6 is 22.9 Å². The molecule has 8 nitrogen and oxygen atoms in total. The van der Waals surface area contributed by atoms with Crippen LogP contribution in [0.3, 0.4) is 0 Å². The number of esters is 2. The first-order chi connectivity index (χ1) is 14.9. The third-order valence-electron chi connectivity index (χ3n) is 5.22. The van der Waals surface area contributed by atoms with Gasteiger partial charge in [0, 0.05) is 11.9 Å². The summed E-state index contributed by atoms with van der Waals surface area (Å²) in [7, 11) is 1.07. The average molecular weight is 487 g/mol. The lowest BCUT2D eigenvalue weighted by atomic mass is 9.83. The van der Waals surface area contributed by atoms with Crippen LogP contribution < -0.4 is 0 Å². The summed E-state index contributed by atoms with van der Waals surface area (Å²) in [5.74, 6) is -3.06. The van der Waals surface area contributed by atoms with Gasteiger partial charge in [-0.25, -0.2) is 23.8 Å². The number of hydrogen-bond donors (Lipinski definition) is 0. The number of halogens is 2. The van der Waals surface area contributed by atoms with Crippen LogP contribution in [0.2, 0.25) is 5.02 Å². The van der Waals surface area contributed by atoms with Crippen molar-refractivity contribution in [3.8, 4) is 0 Å². The van der Waals surface area contributed by atoms with Gasteiger partial charge in [0.1, 0.15) is 10.4 Å². The highest BCUT2D eigenvalue weighted by Crippen LogP contribution is 2.46. The fourth-order valence-corrected chi connectivity index (χ4v) is 5.18. The summed E-state index contributed by atoms with van der Waals surface area (Å²) in [6.07, 6.45) is 1.20. The molecule has 32 heavy (non-hydrogen) atoms. The molecule has 11 heteroatoms. The Morgan fingerprint density at radius 3 is 2.62 bits per heavy atom. The molecule has 0 radical (unpaired) electrons. The van der Waals surface area contributed by atoms with Crippen LogP contribution in [-0.4, -0.2) is 53.2 Å². The van der Waals surface area contributed by atoms with E-state index in [-0.39, 0.29) is 5.02 Å². The number of ether oxygens (including phenoxy) is 3. The number of hydrogen-bond acceptors (Lipinski definition) is 8. The highest BCUT2D eigenvalue weighted by Gasteiger charge is 2.51. The average Bonchev–Trinajstić information content (AvgIpc) is 3.16. The lowest BCUT2D eigenvalue weighted by Crippen LogP contribution is -2.58. The third-order valence-corrected chi connectivity index (χ3v) is 6.80. The summed E-state index contributed by atoms with van der Waals surface area (Å²) < 4.78 is 29.7. The van der Waals surface area contributed by atoms with E-state index in [1.807, 2.05) is 0 Å². The van der Waals surface area contributed by atoms with E-state index in [4.69, 9.17) is 21.1 Å². The Hall–Kier alpha value is -2.46. The molecule has 0 bridgehead atoms. The number of thiophene rings is 1. The first-order valence-corrected chi connectivity index (χ1v) is 11.1. The van der Waals surface area contributed by atoms with E-state index in [0.717, 1.165) is 24.6 Å². The first kappa shape index (κ1) is 24.2. The van der Waals surface area contributed by atoms with Crippen molar-refractivity contribution >= 4 is 51.2 Å². The molecule has 0 N–H and O–H groups in total. The van der Waals surface area contributed by atoms with Gasteiger partial charge in [-0.05, 0) is 46.6 Å². The van der Waals surface area contributed by atoms with Gasteiger partial charge in [0.15, 0.2) is 11.4 Å². The quantitative estimate of drug-likeness (QED) is 0.352. The number of carbonyl (C=O) groups is 3. The number of piperidine rings is 1.